The van der Waals surface area contributed by atoms with Crippen LogP contribution in [0.25, 0.3) is 0 Å². The molecule has 1 aliphatic rings. The summed E-state index contributed by atoms with van der Waals surface area (Å²) in [6, 6.07) is -0.372. The number of amides is 1. The quantitative estimate of drug-likeness (QED) is 0.175. The second-order valence-electron chi connectivity index (χ2n) is 10.5. The molecule has 1 unspecified atom stereocenters. The van der Waals surface area contributed by atoms with Crippen molar-refractivity contribution >= 4 is 11.9 Å². The van der Waals surface area contributed by atoms with Gasteiger partial charge in [0.25, 0.3) is 0 Å². The van der Waals surface area contributed by atoms with Crippen LogP contribution < -0.4 is 0 Å². The largest absolute Gasteiger partial charge is 0.464 e. The number of ether oxygens (including phenoxy) is 1. The molecule has 0 aliphatic carbocycles. The predicted molar refractivity (Wildman–Crippen MR) is 130 cm³/mol. The molecule has 0 N–H and O–H groups in total. The van der Waals surface area contributed by atoms with Crippen LogP contribution in [0, 0.1) is 5.41 Å². The number of hydrogen-bond donors (Lipinski definition) is 0. The molecule has 1 fully saturated rings. The maximum atomic E-state index is 12.5. The molecular weight excluding hydrogens is 386 g/mol. The highest BCUT2D eigenvalue weighted by Crippen LogP contribution is 2.26. The Bertz CT molecular complexity index is 483. The molecule has 1 saturated heterocycles. The third-order valence-corrected chi connectivity index (χ3v) is 6.42. The highest BCUT2D eigenvalue weighted by Gasteiger charge is 2.39. The first-order valence-corrected chi connectivity index (χ1v) is 13.4. The number of esters is 1. The molecule has 4 heteroatoms. The molecule has 0 saturated carbocycles. The van der Waals surface area contributed by atoms with E-state index in [4.69, 9.17) is 4.74 Å². The summed E-state index contributed by atoms with van der Waals surface area (Å²) in [5, 5.41) is 0. The Balaban J connectivity index is 1.94. The van der Waals surface area contributed by atoms with E-state index >= 15 is 0 Å². The first kappa shape index (κ1) is 28.0. The Morgan fingerprint density at radius 2 is 1.23 bits per heavy atom. The summed E-state index contributed by atoms with van der Waals surface area (Å²) >= 11 is 0. The van der Waals surface area contributed by atoms with Gasteiger partial charge in [-0.25, -0.2) is 4.79 Å². The Morgan fingerprint density at radius 3 is 1.68 bits per heavy atom. The summed E-state index contributed by atoms with van der Waals surface area (Å²) in [6.45, 7) is 9.17. The third-order valence-electron chi connectivity index (χ3n) is 6.42. The lowest BCUT2D eigenvalue weighted by Gasteiger charge is -2.29. The summed E-state index contributed by atoms with van der Waals surface area (Å²) in [5.41, 5.74) is -0.447. The van der Waals surface area contributed by atoms with E-state index in [1.807, 2.05) is 20.8 Å². The molecule has 0 aromatic heterocycles. The molecule has 0 aromatic carbocycles. The van der Waals surface area contributed by atoms with Crippen molar-refractivity contribution in [3.8, 4) is 0 Å². The van der Waals surface area contributed by atoms with Gasteiger partial charge in [0.05, 0.1) is 6.61 Å². The van der Waals surface area contributed by atoms with Crippen LogP contribution in [0.1, 0.15) is 137 Å². The lowest BCUT2D eigenvalue weighted by Crippen LogP contribution is -2.46. The maximum absolute atomic E-state index is 12.5. The van der Waals surface area contributed by atoms with E-state index in [2.05, 4.69) is 6.92 Å². The fraction of sp³-hybridized carbons (Fsp3) is 0.926. The lowest BCUT2D eigenvalue weighted by atomic mass is 9.94. The Hall–Kier alpha value is -1.06. The number of carbonyl (C=O) groups excluding carboxylic acids is 2. The van der Waals surface area contributed by atoms with E-state index in [0.29, 0.717) is 13.2 Å². The zero-order chi connectivity index (χ0) is 23.0. The van der Waals surface area contributed by atoms with Crippen LogP contribution in [0.15, 0.2) is 0 Å². The zero-order valence-electron chi connectivity index (χ0n) is 21.2. The molecule has 31 heavy (non-hydrogen) atoms. The number of carbonyl (C=O) groups is 2. The van der Waals surface area contributed by atoms with Gasteiger partial charge in [0.1, 0.15) is 6.04 Å². The van der Waals surface area contributed by atoms with Gasteiger partial charge in [-0.15, -0.1) is 0 Å². The molecule has 0 spiro atoms. The van der Waals surface area contributed by atoms with E-state index < -0.39 is 5.41 Å². The molecule has 1 heterocycles. The van der Waals surface area contributed by atoms with Crippen LogP contribution in [-0.2, 0) is 14.3 Å². The average Bonchev–Trinajstić information content (AvgIpc) is 3.21. The van der Waals surface area contributed by atoms with E-state index in [1.165, 1.54) is 83.5 Å². The molecule has 0 aromatic rings. The standard InChI is InChI=1S/C27H51NO3/c1-5-6-7-8-9-10-11-12-13-14-15-16-17-18-19-23-31-25(29)24-21-20-22-28(24)26(30)27(2,3)4/h24H,5-23H2,1-4H3. The Morgan fingerprint density at radius 1 is 0.774 bits per heavy atom. The van der Waals surface area contributed by atoms with Crippen LogP contribution >= 0.6 is 0 Å². The van der Waals surface area contributed by atoms with E-state index in [0.717, 1.165) is 25.7 Å². The van der Waals surface area contributed by atoms with Crippen molar-refractivity contribution in [2.75, 3.05) is 13.2 Å². The minimum absolute atomic E-state index is 0.0546. The van der Waals surface area contributed by atoms with Crippen molar-refractivity contribution < 1.29 is 14.3 Å². The highest BCUT2D eigenvalue weighted by atomic mass is 16.5. The predicted octanol–water partition coefficient (Wildman–Crippen LogP) is 7.44. The summed E-state index contributed by atoms with van der Waals surface area (Å²) in [6.07, 6.45) is 21.5. The van der Waals surface area contributed by atoms with Crippen LogP contribution in [0.4, 0.5) is 0 Å². The van der Waals surface area contributed by atoms with Crippen molar-refractivity contribution in [1.82, 2.24) is 4.90 Å². The number of rotatable bonds is 17. The van der Waals surface area contributed by atoms with E-state index in [1.54, 1.807) is 4.90 Å². The summed E-state index contributed by atoms with van der Waals surface area (Å²) in [4.78, 5) is 26.7. The minimum atomic E-state index is -0.447. The maximum Gasteiger partial charge on any atom is 0.328 e. The monoisotopic (exact) mass is 437 g/mol. The molecule has 0 bridgehead atoms. The summed E-state index contributed by atoms with van der Waals surface area (Å²) in [7, 11) is 0. The van der Waals surface area contributed by atoms with Crippen LogP contribution in [0.2, 0.25) is 0 Å². The fourth-order valence-electron chi connectivity index (χ4n) is 4.43. The number of unbranched alkanes of at least 4 members (excludes halogenated alkanes) is 14. The minimum Gasteiger partial charge on any atom is -0.464 e. The number of likely N-dealkylation sites (tertiary alicyclic amines) is 1. The number of hydrogen-bond acceptors (Lipinski definition) is 3. The summed E-state index contributed by atoms with van der Waals surface area (Å²) in [5.74, 6) is -0.153. The molecule has 1 aliphatic heterocycles. The van der Waals surface area contributed by atoms with Crippen LogP contribution in [-0.4, -0.2) is 36.0 Å². The molecule has 182 valence electrons. The van der Waals surface area contributed by atoms with Gasteiger partial charge in [0.2, 0.25) is 5.91 Å². The van der Waals surface area contributed by atoms with Gasteiger partial charge in [-0.3, -0.25) is 4.79 Å². The van der Waals surface area contributed by atoms with Gasteiger partial charge in [-0.2, -0.15) is 0 Å². The first-order chi connectivity index (χ1) is 14.9. The second kappa shape index (κ2) is 16.6. The van der Waals surface area contributed by atoms with E-state index in [-0.39, 0.29) is 17.9 Å². The fourth-order valence-corrected chi connectivity index (χ4v) is 4.43. The molecule has 0 radical (unpaired) electrons. The Kier molecular flexibility index (Phi) is 14.9. The molecule has 1 rings (SSSR count). The smallest absolute Gasteiger partial charge is 0.328 e. The highest BCUT2D eigenvalue weighted by molar-refractivity contribution is 5.88. The third kappa shape index (κ3) is 12.5. The van der Waals surface area contributed by atoms with Gasteiger partial charge in [0, 0.05) is 12.0 Å². The van der Waals surface area contributed by atoms with E-state index in [9.17, 15) is 9.59 Å². The molecular formula is C27H51NO3. The van der Waals surface area contributed by atoms with Crippen LogP contribution in [0.5, 0.6) is 0 Å². The van der Waals surface area contributed by atoms with Crippen molar-refractivity contribution in [2.45, 2.75) is 143 Å². The Labute approximate surface area is 192 Å². The van der Waals surface area contributed by atoms with Crippen LogP contribution in [0.3, 0.4) is 0 Å². The zero-order valence-corrected chi connectivity index (χ0v) is 21.2. The van der Waals surface area contributed by atoms with Crippen molar-refractivity contribution in [3.63, 3.8) is 0 Å². The topological polar surface area (TPSA) is 46.6 Å². The number of nitrogens with zero attached hydrogens (tertiary/aromatic N) is 1. The van der Waals surface area contributed by atoms with Gasteiger partial charge in [0.15, 0.2) is 0 Å². The SMILES string of the molecule is CCCCCCCCCCCCCCCCCOC(=O)C1CCCN1C(=O)C(C)(C)C. The first-order valence-electron chi connectivity index (χ1n) is 13.4. The van der Waals surface area contributed by atoms with Crippen molar-refractivity contribution in [3.05, 3.63) is 0 Å². The van der Waals surface area contributed by atoms with Gasteiger partial charge in [-0.05, 0) is 19.3 Å². The van der Waals surface area contributed by atoms with Crippen molar-refractivity contribution in [1.29, 1.82) is 0 Å². The molecule has 1 atom stereocenters. The van der Waals surface area contributed by atoms with Gasteiger partial charge in [-0.1, -0.05) is 118 Å². The van der Waals surface area contributed by atoms with Gasteiger partial charge >= 0.3 is 5.97 Å². The molecule has 1 amide bonds. The van der Waals surface area contributed by atoms with Crippen molar-refractivity contribution in [2.24, 2.45) is 5.41 Å². The average molecular weight is 438 g/mol. The normalized spacial score (nSPS) is 16.6. The summed E-state index contributed by atoms with van der Waals surface area (Å²) < 4.78 is 5.50. The van der Waals surface area contributed by atoms with Gasteiger partial charge < -0.3 is 9.64 Å². The second-order valence-corrected chi connectivity index (χ2v) is 10.5. The molecule has 4 nitrogen and oxygen atoms in total. The lowest BCUT2D eigenvalue weighted by molar-refractivity contribution is -0.156.